The summed E-state index contributed by atoms with van der Waals surface area (Å²) in [6.45, 7) is 1.86. The van der Waals surface area contributed by atoms with Crippen LogP contribution in [-0.4, -0.2) is 10.9 Å². The van der Waals surface area contributed by atoms with Crippen molar-refractivity contribution in [1.29, 1.82) is 0 Å². The number of aromatic nitrogens is 1. The summed E-state index contributed by atoms with van der Waals surface area (Å²) in [6, 6.07) is 20.0. The fourth-order valence-electron chi connectivity index (χ4n) is 3.10. The molecule has 3 aromatic carbocycles. The van der Waals surface area contributed by atoms with Gasteiger partial charge >= 0.3 is 0 Å². The number of pyridine rings is 1. The molecule has 144 valence electrons. The van der Waals surface area contributed by atoms with Crippen molar-refractivity contribution in [2.24, 2.45) is 0 Å². The van der Waals surface area contributed by atoms with Crippen molar-refractivity contribution in [3.05, 3.63) is 92.9 Å². The standard InChI is InChI=1S/C23H15Cl3N2O/c1-13-17(24)6-4-8-20(13)28-23(29)16-12-22(14-9-10-18(25)19(26)11-14)27-21-7-3-2-5-15(16)21/h2-12H,1H3,(H,28,29). The molecule has 1 aromatic heterocycles. The van der Waals surface area contributed by atoms with Gasteiger partial charge in [-0.25, -0.2) is 4.98 Å². The van der Waals surface area contributed by atoms with Gasteiger partial charge in [0.05, 0.1) is 26.8 Å². The van der Waals surface area contributed by atoms with Gasteiger partial charge in [-0.05, 0) is 48.9 Å². The number of hydrogen-bond acceptors (Lipinski definition) is 2. The molecule has 0 radical (unpaired) electrons. The molecule has 6 heteroatoms. The molecule has 0 aliphatic rings. The van der Waals surface area contributed by atoms with E-state index in [2.05, 4.69) is 5.32 Å². The number of rotatable bonds is 3. The van der Waals surface area contributed by atoms with Gasteiger partial charge < -0.3 is 5.32 Å². The number of nitrogens with zero attached hydrogens (tertiary/aromatic N) is 1. The fraction of sp³-hybridized carbons (Fsp3) is 0.0435. The van der Waals surface area contributed by atoms with Gasteiger partial charge in [0.1, 0.15) is 0 Å². The van der Waals surface area contributed by atoms with Crippen LogP contribution in [0.5, 0.6) is 0 Å². The van der Waals surface area contributed by atoms with E-state index in [1.165, 1.54) is 0 Å². The second kappa shape index (κ2) is 8.03. The highest BCUT2D eigenvalue weighted by molar-refractivity contribution is 6.42. The van der Waals surface area contributed by atoms with Gasteiger partial charge in [-0.15, -0.1) is 0 Å². The summed E-state index contributed by atoms with van der Waals surface area (Å²) in [5, 5.41) is 5.21. The lowest BCUT2D eigenvalue weighted by atomic mass is 10.0. The van der Waals surface area contributed by atoms with E-state index >= 15 is 0 Å². The summed E-state index contributed by atoms with van der Waals surface area (Å²) in [4.78, 5) is 17.9. The lowest BCUT2D eigenvalue weighted by molar-refractivity contribution is 0.102. The average Bonchev–Trinajstić information content (AvgIpc) is 2.72. The first-order valence-electron chi connectivity index (χ1n) is 8.86. The first kappa shape index (κ1) is 19.7. The van der Waals surface area contributed by atoms with Gasteiger partial charge in [-0.2, -0.15) is 0 Å². The molecule has 0 fully saturated rings. The van der Waals surface area contributed by atoms with Gasteiger partial charge in [0.15, 0.2) is 0 Å². The lowest BCUT2D eigenvalue weighted by Gasteiger charge is -2.13. The van der Waals surface area contributed by atoms with E-state index < -0.39 is 0 Å². The maximum absolute atomic E-state index is 13.2. The second-order valence-corrected chi connectivity index (χ2v) is 7.79. The number of para-hydroxylation sites is 1. The Morgan fingerprint density at radius 1 is 0.862 bits per heavy atom. The normalized spacial score (nSPS) is 10.9. The summed E-state index contributed by atoms with van der Waals surface area (Å²) in [7, 11) is 0. The predicted octanol–water partition coefficient (Wildman–Crippen LogP) is 7.42. The molecule has 29 heavy (non-hydrogen) atoms. The van der Waals surface area contributed by atoms with E-state index in [9.17, 15) is 4.79 Å². The Bertz CT molecular complexity index is 1250. The van der Waals surface area contributed by atoms with Gasteiger partial charge in [0.25, 0.3) is 5.91 Å². The molecule has 0 spiro atoms. The van der Waals surface area contributed by atoms with Crippen LogP contribution in [0.2, 0.25) is 15.1 Å². The van der Waals surface area contributed by atoms with Crippen LogP contribution in [0.1, 0.15) is 15.9 Å². The summed E-state index contributed by atoms with van der Waals surface area (Å²) in [5.41, 5.74) is 4.11. The fourth-order valence-corrected chi connectivity index (χ4v) is 3.57. The van der Waals surface area contributed by atoms with Gasteiger partial charge in [-0.1, -0.05) is 65.1 Å². The average molecular weight is 442 g/mol. The molecule has 0 aliphatic heterocycles. The number of benzene rings is 3. The Kier molecular flexibility index (Phi) is 5.46. The van der Waals surface area contributed by atoms with Crippen LogP contribution in [0.4, 0.5) is 5.69 Å². The Labute approximate surface area is 183 Å². The molecule has 0 saturated heterocycles. The lowest BCUT2D eigenvalue weighted by Crippen LogP contribution is -2.14. The molecule has 4 rings (SSSR count). The molecule has 1 heterocycles. The van der Waals surface area contributed by atoms with Crippen LogP contribution < -0.4 is 5.32 Å². The number of carbonyl (C=O) groups excluding carboxylic acids is 1. The first-order valence-corrected chi connectivity index (χ1v) is 9.99. The minimum atomic E-state index is -0.240. The Morgan fingerprint density at radius 3 is 2.45 bits per heavy atom. The molecule has 4 aromatic rings. The predicted molar refractivity (Wildman–Crippen MR) is 121 cm³/mol. The number of amides is 1. The van der Waals surface area contributed by atoms with Crippen molar-refractivity contribution < 1.29 is 4.79 Å². The zero-order valence-electron chi connectivity index (χ0n) is 15.3. The van der Waals surface area contributed by atoms with Crippen molar-refractivity contribution in [3.8, 4) is 11.3 Å². The smallest absolute Gasteiger partial charge is 0.256 e. The molecular weight excluding hydrogens is 427 g/mol. The Balaban J connectivity index is 1.83. The number of hydrogen-bond donors (Lipinski definition) is 1. The molecule has 0 unspecified atom stereocenters. The zero-order valence-corrected chi connectivity index (χ0v) is 17.6. The molecule has 0 saturated carbocycles. The van der Waals surface area contributed by atoms with Crippen molar-refractivity contribution in [2.45, 2.75) is 6.92 Å². The van der Waals surface area contributed by atoms with E-state index in [1.807, 2.05) is 43.3 Å². The van der Waals surface area contributed by atoms with E-state index in [-0.39, 0.29) is 5.91 Å². The van der Waals surface area contributed by atoms with Crippen LogP contribution in [0.25, 0.3) is 22.2 Å². The third-order valence-electron chi connectivity index (χ3n) is 4.69. The molecule has 1 amide bonds. The van der Waals surface area contributed by atoms with Crippen LogP contribution in [0, 0.1) is 6.92 Å². The summed E-state index contributed by atoms with van der Waals surface area (Å²) >= 11 is 18.4. The van der Waals surface area contributed by atoms with Crippen molar-refractivity contribution >= 4 is 57.3 Å². The highest BCUT2D eigenvalue weighted by Crippen LogP contribution is 2.31. The Hall–Kier alpha value is -2.59. The molecule has 1 N–H and O–H groups in total. The number of anilines is 1. The maximum Gasteiger partial charge on any atom is 0.256 e. The number of fused-ring (bicyclic) bond motifs is 1. The molecule has 3 nitrogen and oxygen atoms in total. The first-order chi connectivity index (χ1) is 13.9. The highest BCUT2D eigenvalue weighted by atomic mass is 35.5. The highest BCUT2D eigenvalue weighted by Gasteiger charge is 2.16. The van der Waals surface area contributed by atoms with Crippen molar-refractivity contribution in [1.82, 2.24) is 4.98 Å². The van der Waals surface area contributed by atoms with Gasteiger partial charge in [0, 0.05) is 21.7 Å². The van der Waals surface area contributed by atoms with E-state index in [0.717, 1.165) is 16.5 Å². The van der Waals surface area contributed by atoms with Gasteiger partial charge in [0.2, 0.25) is 0 Å². The third-order valence-corrected chi connectivity index (χ3v) is 5.84. The molecule has 0 bridgehead atoms. The monoisotopic (exact) mass is 440 g/mol. The summed E-state index contributed by atoms with van der Waals surface area (Å²) in [6.07, 6.45) is 0. The van der Waals surface area contributed by atoms with E-state index in [0.29, 0.717) is 37.5 Å². The van der Waals surface area contributed by atoms with Gasteiger partial charge in [-0.3, -0.25) is 4.79 Å². The third kappa shape index (κ3) is 3.95. The maximum atomic E-state index is 13.2. The van der Waals surface area contributed by atoms with E-state index in [1.54, 1.807) is 30.3 Å². The van der Waals surface area contributed by atoms with Crippen molar-refractivity contribution in [3.63, 3.8) is 0 Å². The van der Waals surface area contributed by atoms with E-state index in [4.69, 9.17) is 39.8 Å². The van der Waals surface area contributed by atoms with Crippen LogP contribution in [0.15, 0.2) is 66.7 Å². The second-order valence-electron chi connectivity index (χ2n) is 6.57. The number of carbonyl (C=O) groups is 1. The van der Waals surface area contributed by atoms with Crippen LogP contribution in [0.3, 0.4) is 0 Å². The minimum absolute atomic E-state index is 0.240. The topological polar surface area (TPSA) is 42.0 Å². The largest absolute Gasteiger partial charge is 0.322 e. The number of nitrogens with one attached hydrogen (secondary N) is 1. The van der Waals surface area contributed by atoms with Crippen molar-refractivity contribution in [2.75, 3.05) is 5.32 Å². The summed E-state index contributed by atoms with van der Waals surface area (Å²) < 4.78 is 0. The molecule has 0 aliphatic carbocycles. The Morgan fingerprint density at radius 2 is 1.66 bits per heavy atom. The van der Waals surface area contributed by atoms with Crippen LogP contribution in [-0.2, 0) is 0 Å². The SMILES string of the molecule is Cc1c(Cl)cccc1NC(=O)c1cc(-c2ccc(Cl)c(Cl)c2)nc2ccccc12. The summed E-state index contributed by atoms with van der Waals surface area (Å²) in [5.74, 6) is -0.240. The minimum Gasteiger partial charge on any atom is -0.322 e. The zero-order chi connectivity index (χ0) is 20.5. The quantitative estimate of drug-likeness (QED) is 0.359. The van der Waals surface area contributed by atoms with Crippen LogP contribution >= 0.6 is 34.8 Å². The molecule has 0 atom stereocenters. The molecular formula is C23H15Cl3N2O. The number of halogens is 3.